The van der Waals surface area contributed by atoms with Gasteiger partial charge in [0.2, 0.25) is 0 Å². The molecular formula is C15H18ClN3S. The Balaban J connectivity index is 2.07. The van der Waals surface area contributed by atoms with Crippen LogP contribution in [0.1, 0.15) is 32.3 Å². The van der Waals surface area contributed by atoms with E-state index >= 15 is 0 Å². The van der Waals surface area contributed by atoms with Crippen LogP contribution >= 0.6 is 23.4 Å². The quantitative estimate of drug-likeness (QED) is 0.892. The van der Waals surface area contributed by atoms with Crippen LogP contribution < -0.4 is 5.32 Å². The fourth-order valence-corrected chi connectivity index (χ4v) is 3.62. The number of anilines is 1. The summed E-state index contributed by atoms with van der Waals surface area (Å²) in [6, 6.07) is 7.40. The highest BCUT2D eigenvalue weighted by molar-refractivity contribution is 8.14. The molecule has 5 heteroatoms. The zero-order chi connectivity index (χ0) is 14.6. The molecule has 0 bridgehead atoms. The molecule has 1 N–H and O–H groups in total. The zero-order valence-electron chi connectivity index (χ0n) is 11.7. The Morgan fingerprint density at radius 2 is 2.20 bits per heavy atom. The van der Waals surface area contributed by atoms with Crippen LogP contribution in [0.15, 0.2) is 23.2 Å². The van der Waals surface area contributed by atoms with E-state index < -0.39 is 0 Å². The van der Waals surface area contributed by atoms with Crippen molar-refractivity contribution >= 4 is 34.2 Å². The van der Waals surface area contributed by atoms with Crippen molar-refractivity contribution in [2.24, 2.45) is 10.4 Å². The number of aliphatic imine (C=N–C) groups is 1. The Morgan fingerprint density at radius 1 is 1.45 bits per heavy atom. The Kier molecular flexibility index (Phi) is 4.95. The third-order valence-electron chi connectivity index (χ3n) is 3.91. The van der Waals surface area contributed by atoms with Gasteiger partial charge in [-0.15, -0.1) is 0 Å². The smallest absolute Gasteiger partial charge is 0.161 e. The van der Waals surface area contributed by atoms with E-state index in [2.05, 4.69) is 30.2 Å². The van der Waals surface area contributed by atoms with Crippen molar-refractivity contribution < 1.29 is 0 Å². The number of thioether (sulfide) groups is 1. The molecule has 0 atom stereocenters. The third kappa shape index (κ3) is 3.28. The van der Waals surface area contributed by atoms with Gasteiger partial charge in [0.1, 0.15) is 6.07 Å². The van der Waals surface area contributed by atoms with Crippen LogP contribution in [0.3, 0.4) is 0 Å². The van der Waals surface area contributed by atoms with Gasteiger partial charge >= 0.3 is 0 Å². The number of amidine groups is 1. The van der Waals surface area contributed by atoms with Gasteiger partial charge in [-0.3, -0.25) is 4.99 Å². The van der Waals surface area contributed by atoms with Crippen LogP contribution in [-0.4, -0.2) is 17.5 Å². The number of nitrogens with zero attached hydrogens (tertiary/aromatic N) is 2. The van der Waals surface area contributed by atoms with Crippen LogP contribution in [0.25, 0.3) is 0 Å². The molecule has 0 fully saturated rings. The molecule has 0 aliphatic carbocycles. The number of halogens is 1. The van der Waals surface area contributed by atoms with Gasteiger partial charge in [-0.05, 0) is 36.5 Å². The molecule has 1 heterocycles. The molecule has 3 nitrogen and oxygen atoms in total. The lowest BCUT2D eigenvalue weighted by atomic mass is 9.84. The van der Waals surface area contributed by atoms with Gasteiger partial charge in [0.15, 0.2) is 5.17 Å². The van der Waals surface area contributed by atoms with Crippen LogP contribution in [0, 0.1) is 16.7 Å². The molecule has 0 spiro atoms. The molecular weight excluding hydrogens is 290 g/mol. The van der Waals surface area contributed by atoms with Crippen LogP contribution in [0.5, 0.6) is 0 Å². The summed E-state index contributed by atoms with van der Waals surface area (Å²) in [7, 11) is 0. The zero-order valence-corrected chi connectivity index (χ0v) is 13.3. The van der Waals surface area contributed by atoms with Gasteiger partial charge in [-0.25, -0.2) is 0 Å². The first-order valence-electron chi connectivity index (χ1n) is 6.76. The first-order valence-corrected chi connectivity index (χ1v) is 8.13. The van der Waals surface area contributed by atoms with Crippen molar-refractivity contribution in [3.8, 4) is 6.07 Å². The van der Waals surface area contributed by atoms with Crippen LogP contribution in [0.4, 0.5) is 5.69 Å². The first-order chi connectivity index (χ1) is 9.62. The molecule has 0 unspecified atom stereocenters. The minimum Gasteiger partial charge on any atom is -0.335 e. The number of hydrogen-bond donors (Lipinski definition) is 1. The molecule has 0 radical (unpaired) electrons. The monoisotopic (exact) mass is 307 g/mol. The van der Waals surface area contributed by atoms with E-state index in [1.807, 2.05) is 6.07 Å². The maximum absolute atomic E-state index is 8.86. The van der Waals surface area contributed by atoms with E-state index in [0.717, 1.165) is 36.0 Å². The van der Waals surface area contributed by atoms with Crippen molar-refractivity contribution in [3.63, 3.8) is 0 Å². The van der Waals surface area contributed by atoms with Crippen molar-refractivity contribution in [1.29, 1.82) is 5.26 Å². The predicted molar refractivity (Wildman–Crippen MR) is 87.6 cm³/mol. The molecule has 106 valence electrons. The van der Waals surface area contributed by atoms with E-state index in [-0.39, 0.29) is 0 Å². The van der Waals surface area contributed by atoms with Gasteiger partial charge in [0.25, 0.3) is 0 Å². The molecule has 0 amide bonds. The number of benzene rings is 1. The average molecular weight is 308 g/mol. The highest BCUT2D eigenvalue weighted by atomic mass is 35.5. The lowest BCUT2D eigenvalue weighted by Gasteiger charge is -2.33. The van der Waals surface area contributed by atoms with E-state index in [9.17, 15) is 0 Å². The van der Waals surface area contributed by atoms with E-state index in [0.29, 0.717) is 16.0 Å². The summed E-state index contributed by atoms with van der Waals surface area (Å²) in [4.78, 5) is 4.65. The highest BCUT2D eigenvalue weighted by Crippen LogP contribution is 2.35. The fraction of sp³-hybridized carbons (Fsp3) is 0.467. The summed E-state index contributed by atoms with van der Waals surface area (Å²) < 4.78 is 0. The second-order valence-corrected chi connectivity index (χ2v) is 6.42. The minimum absolute atomic E-state index is 0.345. The Morgan fingerprint density at radius 3 is 2.70 bits per heavy atom. The summed E-state index contributed by atoms with van der Waals surface area (Å²) in [5.74, 6) is 1.09. The van der Waals surface area contributed by atoms with Gasteiger partial charge in [0, 0.05) is 18.0 Å². The van der Waals surface area contributed by atoms with E-state index in [4.69, 9.17) is 16.9 Å². The molecule has 20 heavy (non-hydrogen) atoms. The third-order valence-corrected chi connectivity index (χ3v) is 5.49. The number of nitriles is 1. The fourth-order valence-electron chi connectivity index (χ4n) is 2.11. The number of rotatable bonds is 3. The van der Waals surface area contributed by atoms with Crippen LogP contribution in [0.2, 0.25) is 5.02 Å². The Bertz CT molecular complexity index is 559. The highest BCUT2D eigenvalue weighted by Gasteiger charge is 2.30. The summed E-state index contributed by atoms with van der Waals surface area (Å²) in [6.45, 7) is 5.34. The van der Waals surface area contributed by atoms with E-state index in [1.54, 1.807) is 23.9 Å². The number of nitrogens with one attached hydrogen (secondary N) is 1. The van der Waals surface area contributed by atoms with Gasteiger partial charge in [-0.2, -0.15) is 5.26 Å². The SMILES string of the molecule is CCC1(CC)CN=C(Nc2ccc(C#N)c(Cl)c2)SC1. The lowest BCUT2D eigenvalue weighted by Crippen LogP contribution is -2.32. The molecule has 0 saturated carbocycles. The summed E-state index contributed by atoms with van der Waals surface area (Å²) >= 11 is 7.79. The summed E-state index contributed by atoms with van der Waals surface area (Å²) in [5, 5.41) is 13.5. The van der Waals surface area contributed by atoms with Gasteiger partial charge in [-0.1, -0.05) is 37.2 Å². The topological polar surface area (TPSA) is 48.2 Å². The Labute approximate surface area is 129 Å². The van der Waals surface area contributed by atoms with Gasteiger partial charge in [0.05, 0.1) is 10.6 Å². The van der Waals surface area contributed by atoms with Crippen molar-refractivity contribution in [3.05, 3.63) is 28.8 Å². The predicted octanol–water partition coefficient (Wildman–Crippen LogP) is 4.53. The lowest BCUT2D eigenvalue weighted by molar-refractivity contribution is 0.318. The molecule has 1 aromatic rings. The maximum atomic E-state index is 8.86. The Hall–Kier alpha value is -1.18. The average Bonchev–Trinajstić information content (AvgIpc) is 2.49. The molecule has 0 aromatic heterocycles. The summed E-state index contributed by atoms with van der Waals surface area (Å²) in [6.07, 6.45) is 2.33. The van der Waals surface area contributed by atoms with Crippen molar-refractivity contribution in [2.75, 3.05) is 17.6 Å². The number of hydrogen-bond acceptors (Lipinski definition) is 4. The molecule has 1 aliphatic rings. The molecule has 1 aromatic carbocycles. The molecule has 1 aliphatic heterocycles. The first kappa shape index (κ1) is 15.2. The normalized spacial score (nSPS) is 17.2. The second kappa shape index (κ2) is 6.51. The molecule has 0 saturated heterocycles. The van der Waals surface area contributed by atoms with Crippen molar-refractivity contribution in [2.45, 2.75) is 26.7 Å². The minimum atomic E-state index is 0.345. The maximum Gasteiger partial charge on any atom is 0.161 e. The van der Waals surface area contributed by atoms with Gasteiger partial charge < -0.3 is 5.32 Å². The summed E-state index contributed by atoms with van der Waals surface area (Å²) in [5.41, 5.74) is 1.71. The standard InChI is InChI=1S/C15H18ClN3S/c1-3-15(4-2)9-18-14(20-10-15)19-12-6-5-11(8-17)13(16)7-12/h5-7H,3-4,9-10H2,1-2H3,(H,18,19). The van der Waals surface area contributed by atoms with E-state index in [1.165, 1.54) is 0 Å². The molecule has 2 rings (SSSR count). The van der Waals surface area contributed by atoms with Crippen molar-refractivity contribution in [1.82, 2.24) is 0 Å². The second-order valence-electron chi connectivity index (χ2n) is 5.05. The largest absolute Gasteiger partial charge is 0.335 e. The van der Waals surface area contributed by atoms with Crippen LogP contribution in [-0.2, 0) is 0 Å².